The van der Waals surface area contributed by atoms with Crippen LogP contribution in [0.1, 0.15) is 164 Å². The minimum Gasteiger partial charge on any atom is -0.481 e. The largest absolute Gasteiger partial charge is 0.481 e. The molecule has 268 valence electrons. The van der Waals surface area contributed by atoms with Crippen LogP contribution in [0.15, 0.2) is 12.2 Å². The second-order valence-electron chi connectivity index (χ2n) is 18.7. The molecule has 5 rings (SSSR count). The van der Waals surface area contributed by atoms with Crippen molar-refractivity contribution in [3.05, 3.63) is 12.2 Å². The van der Waals surface area contributed by atoms with Gasteiger partial charge in [0, 0.05) is 20.1 Å². The van der Waals surface area contributed by atoms with Gasteiger partial charge in [-0.3, -0.25) is 9.59 Å². The van der Waals surface area contributed by atoms with E-state index in [1.165, 1.54) is 69.8 Å². The number of carbonyl (C=O) groups is 2. The predicted octanol–water partition coefficient (Wildman–Crippen LogP) is 10.4. The minimum atomic E-state index is -0.684. The Morgan fingerprint density at radius 1 is 0.766 bits per heavy atom. The Hall–Kier alpha value is -1.36. The SMILES string of the molecule is C=C(C)[C@@H]1CC[C@]2(C(=O)NCCCCCCCCCCC(=O)O)CC[C@]3(C)[C@H](CCC4[C@@]5(C)CC[C@H](OC)C(C)(C)[C@@H]5CC[C@]43C)[C@@H]12. The fourth-order valence-electron chi connectivity index (χ4n) is 13.8. The summed E-state index contributed by atoms with van der Waals surface area (Å²) in [4.78, 5) is 25.1. The fourth-order valence-corrected chi connectivity index (χ4v) is 13.8. The van der Waals surface area contributed by atoms with Crippen LogP contribution in [0.2, 0.25) is 0 Å². The molecule has 0 radical (unpaired) electrons. The van der Waals surface area contributed by atoms with Crippen LogP contribution in [-0.2, 0) is 14.3 Å². The number of hydrogen-bond acceptors (Lipinski definition) is 3. The van der Waals surface area contributed by atoms with Gasteiger partial charge >= 0.3 is 5.97 Å². The normalized spacial score (nSPS) is 42.0. The summed E-state index contributed by atoms with van der Waals surface area (Å²) in [6.07, 6.45) is 21.5. The zero-order valence-corrected chi connectivity index (χ0v) is 31.5. The third kappa shape index (κ3) is 6.28. The highest BCUT2D eigenvalue weighted by atomic mass is 16.5. The van der Waals surface area contributed by atoms with Gasteiger partial charge in [-0.05, 0) is 135 Å². The van der Waals surface area contributed by atoms with E-state index in [9.17, 15) is 9.59 Å². The molecular formula is C42H71NO4. The number of hydrogen-bond donors (Lipinski definition) is 2. The summed E-state index contributed by atoms with van der Waals surface area (Å²) in [5, 5.41) is 12.3. The van der Waals surface area contributed by atoms with Crippen molar-refractivity contribution in [2.24, 2.45) is 56.7 Å². The Morgan fingerprint density at radius 2 is 1.43 bits per heavy atom. The van der Waals surface area contributed by atoms with Gasteiger partial charge in [0.2, 0.25) is 5.91 Å². The number of unbranched alkanes of at least 4 members (excludes halogenated alkanes) is 7. The average Bonchev–Trinajstić information content (AvgIpc) is 3.41. The Kier molecular flexibility index (Phi) is 11.1. The molecule has 5 aliphatic rings. The Labute approximate surface area is 288 Å². The van der Waals surface area contributed by atoms with Crippen molar-refractivity contribution in [1.29, 1.82) is 0 Å². The highest BCUT2D eigenvalue weighted by Gasteiger charge is 2.71. The predicted molar refractivity (Wildman–Crippen MR) is 192 cm³/mol. The van der Waals surface area contributed by atoms with Crippen molar-refractivity contribution in [3.63, 3.8) is 0 Å². The molecule has 1 unspecified atom stereocenters. The second kappa shape index (κ2) is 14.1. The molecule has 47 heavy (non-hydrogen) atoms. The van der Waals surface area contributed by atoms with Crippen molar-refractivity contribution in [2.75, 3.05) is 13.7 Å². The first-order valence-corrected chi connectivity index (χ1v) is 19.9. The summed E-state index contributed by atoms with van der Waals surface area (Å²) in [5.41, 5.74) is 2.20. The molecule has 10 atom stereocenters. The van der Waals surface area contributed by atoms with Crippen molar-refractivity contribution >= 4 is 11.9 Å². The van der Waals surface area contributed by atoms with E-state index >= 15 is 0 Å². The van der Waals surface area contributed by atoms with Gasteiger partial charge < -0.3 is 15.2 Å². The minimum absolute atomic E-state index is 0.209. The van der Waals surface area contributed by atoms with Gasteiger partial charge in [-0.25, -0.2) is 0 Å². The molecule has 5 saturated carbocycles. The Balaban J connectivity index is 1.25. The van der Waals surface area contributed by atoms with Gasteiger partial charge in [0.25, 0.3) is 0 Å². The topological polar surface area (TPSA) is 75.6 Å². The molecule has 2 N–H and O–H groups in total. The third-order valence-electron chi connectivity index (χ3n) is 16.3. The Morgan fingerprint density at radius 3 is 2.06 bits per heavy atom. The number of carboxylic acids is 1. The van der Waals surface area contributed by atoms with Gasteiger partial charge in [-0.15, -0.1) is 0 Å². The molecule has 0 spiro atoms. The molecule has 0 bridgehead atoms. The number of carbonyl (C=O) groups excluding carboxylic acids is 1. The summed E-state index contributed by atoms with van der Waals surface area (Å²) in [7, 11) is 1.93. The molecule has 0 aromatic rings. The van der Waals surface area contributed by atoms with E-state index in [1.54, 1.807) is 0 Å². The maximum absolute atomic E-state index is 14.4. The summed E-state index contributed by atoms with van der Waals surface area (Å²) >= 11 is 0. The molecule has 5 heteroatoms. The quantitative estimate of drug-likeness (QED) is 0.144. The molecule has 0 aromatic heterocycles. The van der Waals surface area contributed by atoms with Crippen molar-refractivity contribution in [1.82, 2.24) is 5.32 Å². The molecule has 0 heterocycles. The third-order valence-corrected chi connectivity index (χ3v) is 16.3. The summed E-state index contributed by atoms with van der Waals surface area (Å²) in [6, 6.07) is 0. The van der Waals surface area contributed by atoms with Gasteiger partial charge in [0.05, 0.1) is 11.5 Å². The molecule has 5 aliphatic carbocycles. The monoisotopic (exact) mass is 654 g/mol. The molecule has 5 fully saturated rings. The summed E-state index contributed by atoms with van der Waals surface area (Å²) in [5.74, 6) is 2.59. The van der Waals surface area contributed by atoms with Crippen LogP contribution < -0.4 is 5.32 Å². The average molecular weight is 654 g/mol. The van der Waals surface area contributed by atoms with Gasteiger partial charge in [0.1, 0.15) is 0 Å². The van der Waals surface area contributed by atoms with E-state index in [0.29, 0.717) is 52.9 Å². The van der Waals surface area contributed by atoms with Gasteiger partial charge in [-0.2, -0.15) is 0 Å². The zero-order chi connectivity index (χ0) is 34.3. The van der Waals surface area contributed by atoms with Crippen LogP contribution in [0.3, 0.4) is 0 Å². The highest BCUT2D eigenvalue weighted by molar-refractivity contribution is 5.83. The van der Waals surface area contributed by atoms with E-state index < -0.39 is 5.97 Å². The highest BCUT2D eigenvalue weighted by Crippen LogP contribution is 2.77. The van der Waals surface area contributed by atoms with E-state index in [1.807, 2.05) is 7.11 Å². The lowest BCUT2D eigenvalue weighted by Gasteiger charge is -2.73. The number of amides is 1. The standard InChI is InChI=1S/C42H71NO4/c1-29(2)30-20-25-42(37(46)43-28-16-14-12-10-9-11-13-15-17-35(44)45)27-26-40(6)31(36(30)42)18-19-33-39(5)23-22-34(47-8)38(3,4)32(39)21-24-41(33,40)7/h30-34,36H,1,9-28H2,2-8H3,(H,43,46)(H,44,45)/t30-,31+,32-,33?,34-,36+,39-,40+,41+,42-/m0/s1. The lowest BCUT2D eigenvalue weighted by atomic mass is 9.32. The molecular weight excluding hydrogens is 582 g/mol. The zero-order valence-electron chi connectivity index (χ0n) is 31.5. The lowest BCUT2D eigenvalue weighted by molar-refractivity contribution is -0.248. The lowest BCUT2D eigenvalue weighted by Crippen LogP contribution is -2.67. The number of aliphatic carboxylic acids is 1. The van der Waals surface area contributed by atoms with E-state index in [2.05, 4.69) is 53.4 Å². The van der Waals surface area contributed by atoms with Gasteiger partial charge in [0.15, 0.2) is 0 Å². The number of carboxylic acid groups (broad SMARTS) is 1. The number of rotatable bonds is 14. The first-order valence-electron chi connectivity index (χ1n) is 19.9. The van der Waals surface area contributed by atoms with Crippen molar-refractivity contribution < 1.29 is 19.4 Å². The molecule has 0 aromatic carbocycles. The number of nitrogens with one attached hydrogen (secondary N) is 1. The first kappa shape index (κ1) is 36.9. The van der Waals surface area contributed by atoms with Crippen LogP contribution in [0, 0.1) is 56.7 Å². The second-order valence-corrected chi connectivity index (χ2v) is 18.7. The van der Waals surface area contributed by atoms with Crippen LogP contribution in [0.25, 0.3) is 0 Å². The van der Waals surface area contributed by atoms with Crippen molar-refractivity contribution in [3.8, 4) is 0 Å². The Bertz CT molecular complexity index is 1150. The van der Waals surface area contributed by atoms with E-state index in [4.69, 9.17) is 9.84 Å². The number of ether oxygens (including phenoxy) is 1. The number of fused-ring (bicyclic) bond motifs is 7. The number of allylic oxidation sites excluding steroid dienone is 1. The maximum atomic E-state index is 14.4. The molecule has 5 nitrogen and oxygen atoms in total. The van der Waals surface area contributed by atoms with Crippen LogP contribution in [-0.4, -0.2) is 36.7 Å². The molecule has 0 aliphatic heterocycles. The maximum Gasteiger partial charge on any atom is 0.303 e. The van der Waals surface area contributed by atoms with E-state index in [0.717, 1.165) is 63.8 Å². The summed E-state index contributed by atoms with van der Waals surface area (Å²) in [6.45, 7) is 20.6. The first-order chi connectivity index (χ1) is 22.2. The van der Waals surface area contributed by atoms with Crippen molar-refractivity contribution in [2.45, 2.75) is 170 Å². The fraction of sp³-hybridized carbons (Fsp3) is 0.905. The van der Waals surface area contributed by atoms with Crippen LogP contribution in [0.4, 0.5) is 0 Å². The summed E-state index contributed by atoms with van der Waals surface area (Å²) < 4.78 is 6.10. The number of methoxy groups -OCH3 is 1. The molecule has 1 amide bonds. The van der Waals surface area contributed by atoms with Gasteiger partial charge in [-0.1, -0.05) is 85.3 Å². The van der Waals surface area contributed by atoms with E-state index in [-0.39, 0.29) is 16.2 Å². The van der Waals surface area contributed by atoms with Crippen LogP contribution >= 0.6 is 0 Å². The van der Waals surface area contributed by atoms with Crippen LogP contribution in [0.5, 0.6) is 0 Å². The molecule has 0 saturated heterocycles. The smallest absolute Gasteiger partial charge is 0.303 e.